The monoisotopic (exact) mass is 526 g/mol. The van der Waals surface area contributed by atoms with Crippen molar-refractivity contribution in [1.29, 1.82) is 0 Å². The van der Waals surface area contributed by atoms with Crippen molar-refractivity contribution in [2.75, 3.05) is 6.61 Å². The molecule has 10 heteroatoms. The molecule has 5 rings (SSSR count). The second-order valence-electron chi connectivity index (χ2n) is 9.37. The van der Waals surface area contributed by atoms with E-state index in [1.807, 2.05) is 0 Å². The standard InChI is InChI=1S/C25H26Cl2F2N2O4/c26-17-4-1-15(11-19(17)28)2-6-22(33)31-25-9-7-24(8-10-25,13-21(25)32)30-23(34)14-35-16-3-5-18(27)20(29)12-16/h1,3-5,11-12,21,32H,2,6-10,13-14H2,(H,30,34)(H,31,33)/t21-,24?,25?/m0/s1. The van der Waals surface area contributed by atoms with Crippen LogP contribution in [-0.4, -0.2) is 40.7 Å². The molecule has 1 atom stereocenters. The van der Waals surface area contributed by atoms with Crippen LogP contribution in [-0.2, 0) is 16.0 Å². The van der Waals surface area contributed by atoms with Gasteiger partial charge in [0.1, 0.15) is 17.4 Å². The van der Waals surface area contributed by atoms with Gasteiger partial charge in [-0.2, -0.15) is 0 Å². The van der Waals surface area contributed by atoms with Crippen molar-refractivity contribution in [2.24, 2.45) is 0 Å². The van der Waals surface area contributed by atoms with Crippen molar-refractivity contribution in [3.63, 3.8) is 0 Å². The molecule has 188 valence electrons. The molecule has 2 amide bonds. The summed E-state index contributed by atoms with van der Waals surface area (Å²) in [6, 6.07) is 8.39. The molecule has 2 aromatic rings. The van der Waals surface area contributed by atoms with Crippen molar-refractivity contribution in [1.82, 2.24) is 10.6 Å². The van der Waals surface area contributed by atoms with Crippen molar-refractivity contribution in [3.05, 3.63) is 63.6 Å². The molecule has 0 heterocycles. The Balaban J connectivity index is 1.28. The lowest BCUT2D eigenvalue weighted by Crippen LogP contribution is -2.70. The van der Waals surface area contributed by atoms with Crippen LogP contribution in [0, 0.1) is 11.6 Å². The maximum Gasteiger partial charge on any atom is 0.258 e. The predicted molar refractivity (Wildman–Crippen MR) is 127 cm³/mol. The fourth-order valence-corrected chi connectivity index (χ4v) is 5.24. The number of aliphatic hydroxyl groups is 1. The van der Waals surface area contributed by atoms with Gasteiger partial charge in [-0.3, -0.25) is 9.59 Å². The van der Waals surface area contributed by atoms with E-state index in [0.29, 0.717) is 44.1 Å². The van der Waals surface area contributed by atoms with Gasteiger partial charge in [-0.25, -0.2) is 8.78 Å². The van der Waals surface area contributed by atoms with Gasteiger partial charge in [-0.05, 0) is 68.4 Å². The number of amides is 2. The van der Waals surface area contributed by atoms with Crippen LogP contribution >= 0.6 is 23.2 Å². The van der Waals surface area contributed by atoms with Crippen LogP contribution in [0.5, 0.6) is 5.75 Å². The van der Waals surface area contributed by atoms with E-state index >= 15 is 0 Å². The molecule has 3 aliphatic rings. The van der Waals surface area contributed by atoms with E-state index in [4.69, 9.17) is 27.9 Å². The van der Waals surface area contributed by atoms with Crippen LogP contribution in [0.15, 0.2) is 36.4 Å². The van der Waals surface area contributed by atoms with Crippen LogP contribution in [0.4, 0.5) is 8.78 Å². The highest BCUT2D eigenvalue weighted by Gasteiger charge is 2.55. The third kappa shape index (κ3) is 5.88. The van der Waals surface area contributed by atoms with E-state index in [0.717, 1.165) is 6.07 Å². The lowest BCUT2D eigenvalue weighted by molar-refractivity contribution is -0.135. The summed E-state index contributed by atoms with van der Waals surface area (Å²) in [6.45, 7) is -0.300. The highest BCUT2D eigenvalue weighted by atomic mass is 35.5. The second-order valence-corrected chi connectivity index (χ2v) is 10.2. The first-order valence-electron chi connectivity index (χ1n) is 11.4. The van der Waals surface area contributed by atoms with Crippen LogP contribution < -0.4 is 15.4 Å². The lowest BCUT2D eigenvalue weighted by atomic mass is 9.60. The molecule has 2 aromatic carbocycles. The Labute approximate surface area is 211 Å². The molecule has 3 N–H and O–H groups in total. The SMILES string of the molecule is O=C(COc1ccc(Cl)c(F)c1)NC12CCC(NC(=O)CCc3ccc(Cl)c(F)c3)(CC1)[C@@H](O)C2. The zero-order valence-electron chi connectivity index (χ0n) is 18.9. The minimum Gasteiger partial charge on any atom is -0.484 e. The van der Waals surface area contributed by atoms with Crippen molar-refractivity contribution >= 4 is 35.0 Å². The largest absolute Gasteiger partial charge is 0.484 e. The fraction of sp³-hybridized carbons (Fsp3) is 0.440. The van der Waals surface area contributed by atoms with Gasteiger partial charge >= 0.3 is 0 Å². The number of ether oxygens (including phenoxy) is 1. The first-order valence-corrected chi connectivity index (χ1v) is 12.2. The number of nitrogens with one attached hydrogen (secondary N) is 2. The molecule has 0 radical (unpaired) electrons. The highest BCUT2D eigenvalue weighted by molar-refractivity contribution is 6.31. The molecule has 0 spiro atoms. The molecule has 3 aliphatic carbocycles. The smallest absolute Gasteiger partial charge is 0.258 e. The van der Waals surface area contributed by atoms with Crippen molar-refractivity contribution in [3.8, 4) is 5.75 Å². The molecule has 6 nitrogen and oxygen atoms in total. The summed E-state index contributed by atoms with van der Waals surface area (Å²) in [5.74, 6) is -1.57. The number of fused-ring (bicyclic) bond motifs is 3. The quantitative estimate of drug-likeness (QED) is 0.477. The fourth-order valence-electron chi connectivity index (χ4n) is 5.00. The molecule has 0 saturated heterocycles. The average molecular weight is 527 g/mol. The maximum atomic E-state index is 13.6. The summed E-state index contributed by atoms with van der Waals surface area (Å²) in [5.41, 5.74) is -0.664. The van der Waals surface area contributed by atoms with Gasteiger partial charge in [0.25, 0.3) is 5.91 Å². The van der Waals surface area contributed by atoms with Gasteiger partial charge in [-0.15, -0.1) is 0 Å². The number of carbonyl (C=O) groups excluding carboxylic acids is 2. The summed E-state index contributed by atoms with van der Waals surface area (Å²) in [4.78, 5) is 25.1. The molecule has 3 fully saturated rings. The average Bonchev–Trinajstić information content (AvgIpc) is 2.82. The van der Waals surface area contributed by atoms with E-state index in [2.05, 4.69) is 10.6 Å². The first kappa shape index (κ1) is 25.7. The van der Waals surface area contributed by atoms with Gasteiger partial charge in [0.15, 0.2) is 6.61 Å². The number of rotatable bonds is 8. The van der Waals surface area contributed by atoms with Gasteiger partial charge in [0, 0.05) is 18.0 Å². The number of hydrogen-bond donors (Lipinski definition) is 3. The molecule has 0 aliphatic heterocycles. The number of benzene rings is 2. The van der Waals surface area contributed by atoms with Gasteiger partial charge < -0.3 is 20.5 Å². The zero-order chi connectivity index (χ0) is 25.2. The van der Waals surface area contributed by atoms with Crippen molar-refractivity contribution < 1.29 is 28.2 Å². The zero-order valence-corrected chi connectivity index (χ0v) is 20.4. The Kier molecular flexibility index (Phi) is 7.54. The molecule has 35 heavy (non-hydrogen) atoms. The Morgan fingerprint density at radius 3 is 2.26 bits per heavy atom. The molecule has 2 bridgehead atoms. The Hall–Kier alpha value is -2.42. The van der Waals surface area contributed by atoms with E-state index in [9.17, 15) is 23.5 Å². The van der Waals surface area contributed by atoms with Crippen LogP contribution in [0.25, 0.3) is 0 Å². The maximum absolute atomic E-state index is 13.6. The van der Waals surface area contributed by atoms with Gasteiger partial charge in [0.2, 0.25) is 5.91 Å². The summed E-state index contributed by atoms with van der Waals surface area (Å²) in [7, 11) is 0. The summed E-state index contributed by atoms with van der Waals surface area (Å²) >= 11 is 11.3. The minimum atomic E-state index is -0.825. The van der Waals surface area contributed by atoms with E-state index < -0.39 is 28.8 Å². The predicted octanol–water partition coefficient (Wildman–Crippen LogP) is 4.33. The number of aryl methyl sites for hydroxylation is 1. The first-order chi connectivity index (χ1) is 16.6. The Bertz CT molecular complexity index is 1120. The number of hydrogen-bond acceptors (Lipinski definition) is 4. The van der Waals surface area contributed by atoms with E-state index in [1.165, 1.54) is 24.3 Å². The van der Waals surface area contributed by atoms with Crippen molar-refractivity contribution in [2.45, 2.75) is 62.1 Å². The third-order valence-corrected chi connectivity index (χ3v) is 7.61. The summed E-state index contributed by atoms with van der Waals surface area (Å²) < 4.78 is 32.5. The van der Waals surface area contributed by atoms with Crippen LogP contribution in [0.3, 0.4) is 0 Å². The molecule has 3 saturated carbocycles. The number of halogens is 4. The second kappa shape index (κ2) is 10.3. The molecular formula is C25H26Cl2F2N2O4. The van der Waals surface area contributed by atoms with E-state index in [1.54, 1.807) is 6.07 Å². The number of carbonyl (C=O) groups is 2. The normalized spacial score (nSPS) is 25.2. The summed E-state index contributed by atoms with van der Waals surface area (Å²) in [6.07, 6.45) is 2.19. The molecular weight excluding hydrogens is 501 g/mol. The van der Waals surface area contributed by atoms with Crippen LogP contribution in [0.2, 0.25) is 10.0 Å². The highest BCUT2D eigenvalue weighted by Crippen LogP contribution is 2.47. The third-order valence-electron chi connectivity index (χ3n) is 7.00. The van der Waals surface area contributed by atoms with Gasteiger partial charge in [0.05, 0.1) is 21.7 Å². The molecule has 0 aromatic heterocycles. The van der Waals surface area contributed by atoms with Crippen LogP contribution in [0.1, 0.15) is 44.1 Å². The summed E-state index contributed by atoms with van der Waals surface area (Å²) in [5, 5.41) is 16.8. The number of aliphatic hydroxyl groups excluding tert-OH is 1. The molecule has 0 unspecified atom stereocenters. The topological polar surface area (TPSA) is 87.7 Å². The Morgan fingerprint density at radius 1 is 0.971 bits per heavy atom. The van der Waals surface area contributed by atoms with Gasteiger partial charge in [-0.1, -0.05) is 29.3 Å². The lowest BCUT2D eigenvalue weighted by Gasteiger charge is -2.56. The van der Waals surface area contributed by atoms with E-state index in [-0.39, 0.29) is 40.6 Å². The minimum absolute atomic E-state index is 0.0330. The Morgan fingerprint density at radius 2 is 1.63 bits per heavy atom.